The SMILES string of the molecule is COC(=O)[C@@H]1CCCN1C[C@H](Cl)COCc1ccccc1. The summed E-state index contributed by atoms with van der Waals surface area (Å²) in [6.07, 6.45) is 1.86. The Labute approximate surface area is 131 Å². The fourth-order valence-corrected chi connectivity index (χ4v) is 2.90. The number of hydrogen-bond acceptors (Lipinski definition) is 4. The number of carbonyl (C=O) groups is 1. The van der Waals surface area contributed by atoms with E-state index in [2.05, 4.69) is 4.90 Å². The van der Waals surface area contributed by atoms with E-state index >= 15 is 0 Å². The first kappa shape index (κ1) is 16.3. The minimum absolute atomic E-state index is 0.126. The number of carbonyl (C=O) groups excluding carboxylic acids is 1. The molecule has 1 heterocycles. The first-order valence-corrected chi connectivity index (χ1v) is 7.72. The number of rotatable bonds is 7. The summed E-state index contributed by atoms with van der Waals surface area (Å²) in [7, 11) is 1.43. The summed E-state index contributed by atoms with van der Waals surface area (Å²) in [4.78, 5) is 13.8. The maximum Gasteiger partial charge on any atom is 0.323 e. The zero-order valence-corrected chi connectivity index (χ0v) is 13.1. The van der Waals surface area contributed by atoms with Crippen LogP contribution in [0.25, 0.3) is 0 Å². The normalized spacial score (nSPS) is 20.4. The molecular weight excluding hydrogens is 290 g/mol. The van der Waals surface area contributed by atoms with Crippen LogP contribution in [0, 0.1) is 0 Å². The number of ether oxygens (including phenoxy) is 2. The maximum absolute atomic E-state index is 11.7. The fraction of sp³-hybridized carbons (Fsp3) is 0.562. The smallest absolute Gasteiger partial charge is 0.323 e. The van der Waals surface area contributed by atoms with E-state index in [0.29, 0.717) is 19.8 Å². The third-order valence-electron chi connectivity index (χ3n) is 3.68. The summed E-state index contributed by atoms with van der Waals surface area (Å²) in [5.74, 6) is -0.165. The van der Waals surface area contributed by atoms with Gasteiger partial charge in [-0.1, -0.05) is 30.3 Å². The lowest BCUT2D eigenvalue weighted by molar-refractivity contribution is -0.145. The van der Waals surface area contributed by atoms with Crippen LogP contribution in [-0.2, 0) is 20.9 Å². The lowest BCUT2D eigenvalue weighted by Crippen LogP contribution is -2.41. The number of esters is 1. The maximum atomic E-state index is 11.7. The van der Waals surface area contributed by atoms with Crippen molar-refractivity contribution in [3.05, 3.63) is 35.9 Å². The molecule has 1 aliphatic heterocycles. The minimum atomic E-state index is -0.165. The molecule has 4 nitrogen and oxygen atoms in total. The number of benzene rings is 1. The van der Waals surface area contributed by atoms with E-state index in [1.165, 1.54) is 7.11 Å². The highest BCUT2D eigenvalue weighted by Crippen LogP contribution is 2.19. The summed E-state index contributed by atoms with van der Waals surface area (Å²) >= 11 is 6.32. The fourth-order valence-electron chi connectivity index (χ4n) is 2.63. The summed E-state index contributed by atoms with van der Waals surface area (Å²) in [5, 5.41) is -0.126. The molecule has 0 saturated carbocycles. The predicted molar refractivity (Wildman–Crippen MR) is 82.4 cm³/mol. The Morgan fingerprint density at radius 2 is 2.19 bits per heavy atom. The van der Waals surface area contributed by atoms with E-state index in [0.717, 1.165) is 24.9 Å². The molecule has 0 aromatic heterocycles. The van der Waals surface area contributed by atoms with Crippen molar-refractivity contribution in [1.29, 1.82) is 0 Å². The minimum Gasteiger partial charge on any atom is -0.468 e. The topological polar surface area (TPSA) is 38.8 Å². The molecule has 1 fully saturated rings. The van der Waals surface area contributed by atoms with Gasteiger partial charge in [-0.25, -0.2) is 0 Å². The Balaban J connectivity index is 1.71. The van der Waals surface area contributed by atoms with Gasteiger partial charge in [-0.05, 0) is 24.9 Å². The first-order chi connectivity index (χ1) is 10.2. The van der Waals surface area contributed by atoms with Crippen LogP contribution in [0.5, 0.6) is 0 Å². The quantitative estimate of drug-likeness (QED) is 0.573. The Morgan fingerprint density at radius 1 is 1.43 bits per heavy atom. The van der Waals surface area contributed by atoms with Gasteiger partial charge in [0.25, 0.3) is 0 Å². The van der Waals surface area contributed by atoms with Gasteiger partial charge < -0.3 is 9.47 Å². The van der Waals surface area contributed by atoms with Crippen molar-refractivity contribution in [2.75, 3.05) is 26.8 Å². The van der Waals surface area contributed by atoms with Gasteiger partial charge in [0, 0.05) is 6.54 Å². The number of nitrogens with zero attached hydrogens (tertiary/aromatic N) is 1. The Hall–Kier alpha value is -1.10. The Morgan fingerprint density at radius 3 is 2.90 bits per heavy atom. The van der Waals surface area contributed by atoms with Crippen LogP contribution in [0.15, 0.2) is 30.3 Å². The highest BCUT2D eigenvalue weighted by molar-refractivity contribution is 6.20. The first-order valence-electron chi connectivity index (χ1n) is 7.28. The lowest BCUT2D eigenvalue weighted by Gasteiger charge is -2.24. The van der Waals surface area contributed by atoms with Gasteiger partial charge in [0.05, 0.1) is 25.7 Å². The van der Waals surface area contributed by atoms with Crippen molar-refractivity contribution in [2.24, 2.45) is 0 Å². The standard InChI is InChI=1S/C16H22ClNO3/c1-20-16(19)15-8-5-9-18(15)10-14(17)12-21-11-13-6-3-2-4-7-13/h2-4,6-7,14-15H,5,8-12H2,1H3/t14-,15-/m0/s1. The second-order valence-corrected chi connectivity index (χ2v) is 5.89. The molecule has 1 aliphatic rings. The third-order valence-corrected chi connectivity index (χ3v) is 3.94. The van der Waals surface area contributed by atoms with Crippen molar-refractivity contribution >= 4 is 17.6 Å². The molecule has 2 atom stereocenters. The van der Waals surface area contributed by atoms with Gasteiger partial charge in [-0.15, -0.1) is 11.6 Å². The zero-order chi connectivity index (χ0) is 15.1. The van der Waals surface area contributed by atoms with Crippen LogP contribution in [0.2, 0.25) is 0 Å². The average Bonchev–Trinajstić information content (AvgIpc) is 2.95. The van der Waals surface area contributed by atoms with Crippen LogP contribution < -0.4 is 0 Å². The molecule has 0 radical (unpaired) electrons. The van der Waals surface area contributed by atoms with Gasteiger partial charge in [0.1, 0.15) is 6.04 Å². The summed E-state index contributed by atoms with van der Waals surface area (Å²) < 4.78 is 10.5. The van der Waals surface area contributed by atoms with Crippen molar-refractivity contribution < 1.29 is 14.3 Å². The molecule has 0 amide bonds. The molecule has 0 N–H and O–H groups in total. The summed E-state index contributed by atoms with van der Waals surface area (Å²) in [5.41, 5.74) is 1.13. The number of methoxy groups -OCH3 is 1. The molecule has 0 spiro atoms. The highest BCUT2D eigenvalue weighted by Gasteiger charge is 2.32. The van der Waals surface area contributed by atoms with Gasteiger partial charge in [0.15, 0.2) is 0 Å². The van der Waals surface area contributed by atoms with Crippen LogP contribution in [0.4, 0.5) is 0 Å². The second kappa shape index (κ2) is 8.37. The van der Waals surface area contributed by atoms with Crippen LogP contribution in [0.1, 0.15) is 18.4 Å². The molecule has 0 aliphatic carbocycles. The largest absolute Gasteiger partial charge is 0.468 e. The zero-order valence-electron chi connectivity index (χ0n) is 12.3. The third kappa shape index (κ3) is 4.99. The summed E-state index contributed by atoms with van der Waals surface area (Å²) in [6, 6.07) is 9.86. The average molecular weight is 312 g/mol. The van der Waals surface area contributed by atoms with Gasteiger partial charge in [-0.2, -0.15) is 0 Å². The number of hydrogen-bond donors (Lipinski definition) is 0. The molecule has 0 bridgehead atoms. The van der Waals surface area contributed by atoms with Crippen molar-refractivity contribution in [3.8, 4) is 0 Å². The van der Waals surface area contributed by atoms with Crippen LogP contribution in [0.3, 0.4) is 0 Å². The van der Waals surface area contributed by atoms with Crippen LogP contribution >= 0.6 is 11.6 Å². The van der Waals surface area contributed by atoms with Gasteiger partial charge in [0.2, 0.25) is 0 Å². The van der Waals surface area contributed by atoms with E-state index in [1.807, 2.05) is 30.3 Å². The lowest BCUT2D eigenvalue weighted by atomic mass is 10.2. The molecule has 1 aromatic rings. The van der Waals surface area contributed by atoms with E-state index in [-0.39, 0.29) is 17.4 Å². The monoisotopic (exact) mass is 311 g/mol. The second-order valence-electron chi connectivity index (χ2n) is 5.27. The van der Waals surface area contributed by atoms with Gasteiger partial charge in [-0.3, -0.25) is 9.69 Å². The molecular formula is C16H22ClNO3. The highest BCUT2D eigenvalue weighted by atomic mass is 35.5. The molecule has 21 heavy (non-hydrogen) atoms. The molecule has 116 valence electrons. The van der Waals surface area contributed by atoms with Gasteiger partial charge >= 0.3 is 5.97 Å². The molecule has 5 heteroatoms. The predicted octanol–water partition coefficient (Wildman–Crippen LogP) is 2.45. The molecule has 1 aromatic carbocycles. The Bertz CT molecular complexity index is 440. The van der Waals surface area contributed by atoms with E-state index < -0.39 is 0 Å². The van der Waals surface area contributed by atoms with Crippen molar-refractivity contribution in [3.63, 3.8) is 0 Å². The van der Waals surface area contributed by atoms with E-state index in [4.69, 9.17) is 21.1 Å². The molecule has 2 rings (SSSR count). The van der Waals surface area contributed by atoms with E-state index in [1.54, 1.807) is 0 Å². The Kier molecular flexibility index (Phi) is 6.49. The summed E-state index contributed by atoms with van der Waals surface area (Å²) in [6.45, 7) is 2.57. The molecule has 1 saturated heterocycles. The van der Waals surface area contributed by atoms with Crippen molar-refractivity contribution in [2.45, 2.75) is 30.9 Å². The van der Waals surface area contributed by atoms with Crippen molar-refractivity contribution in [1.82, 2.24) is 4.90 Å². The molecule has 0 unspecified atom stereocenters. The van der Waals surface area contributed by atoms with Crippen LogP contribution in [-0.4, -0.2) is 49.1 Å². The van der Waals surface area contributed by atoms with E-state index in [9.17, 15) is 4.79 Å². The number of alkyl halides is 1. The number of halogens is 1. The number of likely N-dealkylation sites (tertiary alicyclic amines) is 1.